The minimum atomic E-state index is -0.917. The molecule has 0 aliphatic rings. The monoisotopic (exact) mass is 268 g/mol. The van der Waals surface area contributed by atoms with Crippen LogP contribution in [-0.4, -0.2) is 18.2 Å². The van der Waals surface area contributed by atoms with Crippen molar-refractivity contribution in [1.82, 2.24) is 0 Å². The second-order valence-corrected chi connectivity index (χ2v) is 5.71. The first-order valence-corrected chi connectivity index (χ1v) is 6.28. The molecule has 0 fully saturated rings. The van der Waals surface area contributed by atoms with Gasteiger partial charge in [-0.2, -0.15) is 0 Å². The Balaban J connectivity index is 3.25. The summed E-state index contributed by atoms with van der Waals surface area (Å²) in [4.78, 5) is 11.2. The lowest BCUT2D eigenvalue weighted by Crippen LogP contribution is -2.26. The molecule has 0 aliphatic heterocycles. The van der Waals surface area contributed by atoms with Crippen LogP contribution in [0.3, 0.4) is 0 Å². The molecule has 0 saturated heterocycles. The molecule has 4 heteroatoms. The maximum absolute atomic E-state index is 13.9. The molecule has 0 atom stereocenters. The molecule has 0 aliphatic carbocycles. The molecule has 0 saturated carbocycles. The second kappa shape index (κ2) is 5.59. The molecule has 1 aromatic rings. The van der Waals surface area contributed by atoms with Gasteiger partial charge >= 0.3 is 5.97 Å². The third-order valence-electron chi connectivity index (χ3n) is 3.23. The lowest BCUT2D eigenvalue weighted by Gasteiger charge is -2.22. The van der Waals surface area contributed by atoms with E-state index < -0.39 is 11.4 Å². The number of ether oxygens (including phenoxy) is 1. The summed E-state index contributed by atoms with van der Waals surface area (Å²) in [6, 6.07) is 3.05. The Hall–Kier alpha value is -1.58. The lowest BCUT2D eigenvalue weighted by molar-refractivity contribution is -0.146. The Kier molecular flexibility index (Phi) is 4.56. The van der Waals surface area contributed by atoms with Gasteiger partial charge in [-0.15, -0.1) is 0 Å². The van der Waals surface area contributed by atoms with Crippen molar-refractivity contribution in [2.75, 3.05) is 7.11 Å². The summed E-state index contributed by atoms with van der Waals surface area (Å²) in [5, 5.41) is 9.18. The zero-order valence-corrected chi connectivity index (χ0v) is 12.1. The van der Waals surface area contributed by atoms with Gasteiger partial charge in [0.15, 0.2) is 0 Å². The summed E-state index contributed by atoms with van der Waals surface area (Å²) >= 11 is 0. The largest absolute Gasteiger partial charge is 0.496 e. The predicted octanol–water partition coefficient (Wildman–Crippen LogP) is 3.61. The van der Waals surface area contributed by atoms with Gasteiger partial charge in [0.1, 0.15) is 11.6 Å². The molecule has 0 bridgehead atoms. The summed E-state index contributed by atoms with van der Waals surface area (Å²) in [7, 11) is 1.46. The van der Waals surface area contributed by atoms with Crippen molar-refractivity contribution in [3.05, 3.63) is 29.1 Å². The predicted molar refractivity (Wildman–Crippen MR) is 72.2 cm³/mol. The zero-order valence-electron chi connectivity index (χ0n) is 12.1. The maximum atomic E-state index is 13.9. The van der Waals surface area contributed by atoms with Crippen LogP contribution < -0.4 is 4.74 Å². The normalized spacial score (nSPS) is 11.7. The van der Waals surface area contributed by atoms with Gasteiger partial charge in [0.05, 0.1) is 12.5 Å². The number of hydrogen-bond donors (Lipinski definition) is 1. The van der Waals surface area contributed by atoms with Crippen LogP contribution in [0.5, 0.6) is 5.75 Å². The van der Waals surface area contributed by atoms with Crippen molar-refractivity contribution in [2.24, 2.45) is 5.41 Å². The van der Waals surface area contributed by atoms with Gasteiger partial charge in [0.2, 0.25) is 0 Å². The van der Waals surface area contributed by atoms with E-state index in [1.807, 2.05) is 13.8 Å². The van der Waals surface area contributed by atoms with Gasteiger partial charge in [0.25, 0.3) is 0 Å². The minimum absolute atomic E-state index is 0.0394. The average Bonchev–Trinajstić information content (AvgIpc) is 2.29. The molecule has 1 N–H and O–H groups in total. The van der Waals surface area contributed by atoms with Gasteiger partial charge in [-0.05, 0) is 43.4 Å². The Morgan fingerprint density at radius 1 is 1.42 bits per heavy atom. The van der Waals surface area contributed by atoms with Gasteiger partial charge in [-0.1, -0.05) is 13.8 Å². The fourth-order valence-corrected chi connectivity index (χ4v) is 1.94. The smallest absolute Gasteiger partial charge is 0.309 e. The first-order valence-electron chi connectivity index (χ1n) is 6.28. The summed E-state index contributed by atoms with van der Waals surface area (Å²) < 4.78 is 19.0. The lowest BCUT2D eigenvalue weighted by atomic mass is 9.84. The van der Waals surface area contributed by atoms with E-state index in [0.29, 0.717) is 17.7 Å². The molecule has 19 heavy (non-hydrogen) atoms. The average molecular weight is 268 g/mol. The number of benzene rings is 1. The van der Waals surface area contributed by atoms with E-state index in [-0.39, 0.29) is 11.7 Å². The number of hydrogen-bond acceptors (Lipinski definition) is 2. The summed E-state index contributed by atoms with van der Waals surface area (Å²) in [6.45, 7) is 7.09. The highest BCUT2D eigenvalue weighted by Gasteiger charge is 2.29. The molecule has 0 spiro atoms. The molecule has 0 amide bonds. The molecule has 0 radical (unpaired) electrons. The number of carboxylic acid groups (broad SMARTS) is 1. The quantitative estimate of drug-likeness (QED) is 0.887. The summed E-state index contributed by atoms with van der Waals surface area (Å²) in [5.74, 6) is -0.762. The number of rotatable bonds is 5. The Bertz CT molecular complexity index is 479. The second-order valence-electron chi connectivity index (χ2n) is 5.71. The Labute approximate surface area is 113 Å². The number of aliphatic carboxylic acids is 1. The van der Waals surface area contributed by atoms with Gasteiger partial charge < -0.3 is 9.84 Å². The van der Waals surface area contributed by atoms with Crippen molar-refractivity contribution in [2.45, 2.75) is 40.0 Å². The zero-order chi connectivity index (χ0) is 14.8. The number of methoxy groups -OCH3 is 1. The van der Waals surface area contributed by atoms with Crippen LogP contribution in [0.25, 0.3) is 0 Å². The van der Waals surface area contributed by atoms with Crippen LogP contribution >= 0.6 is 0 Å². The molecule has 0 unspecified atom stereocenters. The Morgan fingerprint density at radius 2 is 2.00 bits per heavy atom. The highest BCUT2D eigenvalue weighted by atomic mass is 19.1. The molecule has 0 aromatic heterocycles. The molecule has 0 heterocycles. The van der Waals surface area contributed by atoms with Crippen LogP contribution in [0.1, 0.15) is 44.7 Å². The number of carbonyl (C=O) groups is 1. The molecule has 3 nitrogen and oxygen atoms in total. The highest BCUT2D eigenvalue weighted by Crippen LogP contribution is 2.32. The van der Waals surface area contributed by atoms with E-state index in [9.17, 15) is 14.3 Å². The SMILES string of the molecule is COc1cc(F)c(C(C)C)cc1CC(C)(C)C(=O)O. The van der Waals surface area contributed by atoms with E-state index >= 15 is 0 Å². The standard InChI is InChI=1S/C15H21FO3/c1-9(2)11-6-10(8-15(3,4)14(17)18)13(19-5)7-12(11)16/h6-7,9H,8H2,1-5H3,(H,17,18). The van der Waals surface area contributed by atoms with Crippen molar-refractivity contribution in [3.8, 4) is 5.75 Å². The fourth-order valence-electron chi connectivity index (χ4n) is 1.94. The molecular weight excluding hydrogens is 247 g/mol. The topological polar surface area (TPSA) is 46.5 Å². The van der Waals surface area contributed by atoms with Crippen LogP contribution in [0, 0.1) is 11.2 Å². The number of carboxylic acids is 1. The van der Waals surface area contributed by atoms with Crippen LogP contribution in [0.15, 0.2) is 12.1 Å². The van der Waals surface area contributed by atoms with Crippen LogP contribution in [0.4, 0.5) is 4.39 Å². The van der Waals surface area contributed by atoms with Gasteiger partial charge in [-0.3, -0.25) is 4.79 Å². The minimum Gasteiger partial charge on any atom is -0.496 e. The van der Waals surface area contributed by atoms with E-state index in [0.717, 1.165) is 5.56 Å². The van der Waals surface area contributed by atoms with Gasteiger partial charge in [-0.25, -0.2) is 4.39 Å². The van der Waals surface area contributed by atoms with E-state index in [4.69, 9.17) is 4.74 Å². The van der Waals surface area contributed by atoms with E-state index in [2.05, 4.69) is 0 Å². The molecular formula is C15H21FO3. The van der Waals surface area contributed by atoms with Gasteiger partial charge in [0, 0.05) is 6.07 Å². The summed E-state index contributed by atoms with van der Waals surface area (Å²) in [6.07, 6.45) is 0.297. The molecule has 1 rings (SSSR count). The van der Waals surface area contributed by atoms with E-state index in [1.54, 1.807) is 19.9 Å². The molecule has 106 valence electrons. The number of halogens is 1. The third-order valence-corrected chi connectivity index (χ3v) is 3.23. The molecule has 1 aromatic carbocycles. The first-order chi connectivity index (χ1) is 8.69. The van der Waals surface area contributed by atoms with Crippen molar-refractivity contribution in [1.29, 1.82) is 0 Å². The van der Waals surface area contributed by atoms with Crippen molar-refractivity contribution < 1.29 is 19.0 Å². The fraction of sp³-hybridized carbons (Fsp3) is 0.533. The summed E-state index contributed by atoms with van der Waals surface area (Å²) in [5.41, 5.74) is 0.385. The Morgan fingerprint density at radius 3 is 2.42 bits per heavy atom. The highest BCUT2D eigenvalue weighted by molar-refractivity contribution is 5.74. The van der Waals surface area contributed by atoms with Crippen molar-refractivity contribution >= 4 is 5.97 Å². The first kappa shape index (κ1) is 15.5. The van der Waals surface area contributed by atoms with Crippen LogP contribution in [-0.2, 0) is 11.2 Å². The van der Waals surface area contributed by atoms with Crippen LogP contribution in [0.2, 0.25) is 0 Å². The maximum Gasteiger partial charge on any atom is 0.309 e. The third kappa shape index (κ3) is 3.46. The van der Waals surface area contributed by atoms with E-state index in [1.165, 1.54) is 13.2 Å². The van der Waals surface area contributed by atoms with Crippen molar-refractivity contribution in [3.63, 3.8) is 0 Å².